The molecule has 72 heavy (non-hydrogen) atoms. The van der Waals surface area contributed by atoms with E-state index in [-0.39, 0.29) is 16.9 Å². The smallest absolute Gasteiger partial charge is 0.419 e. The second kappa shape index (κ2) is 17.5. The summed E-state index contributed by atoms with van der Waals surface area (Å²) in [7, 11) is 0. The maximum absolute atomic E-state index is 22.0. The van der Waals surface area contributed by atoms with Crippen molar-refractivity contribution in [1.29, 1.82) is 0 Å². The van der Waals surface area contributed by atoms with E-state index in [2.05, 4.69) is 0 Å². The molecule has 0 N–H and O–H groups in total. The highest BCUT2D eigenvalue weighted by Crippen LogP contribution is 2.41. The fraction of sp³-hybridized carbons (Fsp3) is 0.100. The molecule has 11 rings (SSSR count). The van der Waals surface area contributed by atoms with Gasteiger partial charge in [0.15, 0.2) is 28.8 Å². The highest BCUT2D eigenvalue weighted by atomic mass is 35.5. The predicted molar refractivity (Wildman–Crippen MR) is 283 cm³/mol. The van der Waals surface area contributed by atoms with Gasteiger partial charge in [-0.25, -0.2) is 26.7 Å². The van der Waals surface area contributed by atoms with Crippen LogP contribution in [0.25, 0.3) is 56.4 Å². The Labute approximate surface area is 420 Å². The van der Waals surface area contributed by atoms with E-state index < -0.39 is 41.0 Å². The third kappa shape index (κ3) is 6.88. The lowest BCUT2D eigenvalue weighted by Crippen LogP contribution is -3.02. The number of fused-ring (bicyclic) bond motifs is 2. The van der Waals surface area contributed by atoms with Gasteiger partial charge < -0.3 is 24.7 Å². The SMILES string of the molecule is Cc1cc(C)c(-n2c(-c3ccccc3)c(-c3ccccc3)[n+]3c2[B-](Cl)(c2cc(F)c(F)c(F)c2F)c2n(-c4c(C)cc(C)cc4C)c(-c4ccccc4)c(-c4ccccc4)[n+]2[B-]3(F)c2ccccc2)c(C)c1. The van der Waals surface area contributed by atoms with Crippen LogP contribution in [0.5, 0.6) is 0 Å². The fourth-order valence-corrected chi connectivity index (χ4v) is 12.5. The first kappa shape index (κ1) is 46.6. The van der Waals surface area contributed by atoms with Crippen LogP contribution >= 0.6 is 11.5 Å². The van der Waals surface area contributed by atoms with Crippen LogP contribution < -0.4 is 31.3 Å². The van der Waals surface area contributed by atoms with Crippen LogP contribution in [0, 0.1) is 64.8 Å². The van der Waals surface area contributed by atoms with Crippen molar-refractivity contribution < 1.29 is 30.8 Å². The third-order valence-electron chi connectivity index (χ3n) is 14.4. The standard InChI is InChI=1S/C60H48B2ClF5N4/c1-37-32-39(3)53(40(4)33-37)69-55(43-22-12-7-13-23-43)57(45-26-16-9-17-27-45)71-59(69)61(63,48-36-49(64)51(66)52(67)50(48)65)60-70(54-41(5)34-38(2)35-42(54)6)56(44-24-14-8-15-25-44)58(46-28-18-10-19-29-46)72(60)62(71,68)47-30-20-11-21-31-47/h7-36H,1-6H3. The molecule has 0 amide bonds. The molecule has 0 saturated carbocycles. The summed E-state index contributed by atoms with van der Waals surface area (Å²) < 4.78 is 95.8. The Morgan fingerprint density at radius 3 is 1.11 bits per heavy atom. The van der Waals surface area contributed by atoms with Crippen molar-refractivity contribution >= 4 is 46.1 Å². The first-order valence-electron chi connectivity index (χ1n) is 24.0. The number of benzene rings is 8. The van der Waals surface area contributed by atoms with E-state index >= 15 is 21.9 Å². The zero-order valence-corrected chi connectivity index (χ0v) is 41.3. The van der Waals surface area contributed by atoms with Gasteiger partial charge in [-0.15, -0.1) is 5.46 Å². The van der Waals surface area contributed by atoms with E-state index in [9.17, 15) is 0 Å². The van der Waals surface area contributed by atoms with Gasteiger partial charge in [0.25, 0.3) is 0 Å². The van der Waals surface area contributed by atoms with Gasteiger partial charge in [0, 0.05) is 22.3 Å². The molecule has 0 atom stereocenters. The van der Waals surface area contributed by atoms with Crippen molar-refractivity contribution in [1.82, 2.24) is 9.13 Å². The molecule has 4 nitrogen and oxygen atoms in total. The lowest BCUT2D eigenvalue weighted by Gasteiger charge is -2.45. The molecule has 1 aliphatic rings. The molecule has 3 heterocycles. The van der Waals surface area contributed by atoms with Gasteiger partial charge in [-0.2, -0.15) is 0 Å². The minimum absolute atomic E-state index is 0.0273. The van der Waals surface area contributed by atoms with Crippen molar-refractivity contribution in [2.45, 2.75) is 41.5 Å². The van der Waals surface area contributed by atoms with Gasteiger partial charge in [0.05, 0.1) is 11.4 Å². The van der Waals surface area contributed by atoms with E-state index in [0.29, 0.717) is 62.5 Å². The van der Waals surface area contributed by atoms with Gasteiger partial charge in [-0.1, -0.05) is 199 Å². The van der Waals surface area contributed by atoms with E-state index in [4.69, 9.17) is 11.5 Å². The number of aryl methyl sites for hydroxylation is 6. The minimum Gasteiger partial charge on any atom is -0.419 e. The molecule has 2 aromatic heterocycles. The van der Waals surface area contributed by atoms with Crippen molar-refractivity contribution in [3.05, 3.63) is 239 Å². The molecule has 8 aromatic carbocycles. The first-order valence-corrected chi connectivity index (χ1v) is 24.5. The van der Waals surface area contributed by atoms with Crippen molar-refractivity contribution in [3.8, 4) is 56.4 Å². The zero-order valence-electron chi connectivity index (χ0n) is 40.5. The van der Waals surface area contributed by atoms with Gasteiger partial charge in [-0.3, -0.25) is 0 Å². The van der Waals surface area contributed by atoms with E-state index in [1.807, 2.05) is 202 Å². The highest BCUT2D eigenvalue weighted by molar-refractivity contribution is 7.39. The van der Waals surface area contributed by atoms with Crippen LogP contribution in [-0.2, 0) is 0 Å². The first-order chi connectivity index (χ1) is 34.7. The summed E-state index contributed by atoms with van der Waals surface area (Å²) in [5, 5.41) is 0. The van der Waals surface area contributed by atoms with Crippen molar-refractivity contribution in [2.24, 2.45) is 0 Å². The largest absolute Gasteiger partial charge is 0.575 e. The predicted octanol–water partition coefficient (Wildman–Crippen LogP) is 11.6. The molecule has 0 radical (unpaired) electrons. The van der Waals surface area contributed by atoms with Crippen LogP contribution in [0.1, 0.15) is 33.4 Å². The van der Waals surface area contributed by atoms with Gasteiger partial charge in [0.1, 0.15) is 28.6 Å². The molecule has 1 aliphatic heterocycles. The Balaban J connectivity index is 1.55. The Morgan fingerprint density at radius 1 is 0.417 bits per heavy atom. The number of hydrogen-bond donors (Lipinski definition) is 0. The summed E-state index contributed by atoms with van der Waals surface area (Å²) in [6.07, 6.45) is 0. The monoisotopic (exact) mass is 976 g/mol. The van der Waals surface area contributed by atoms with Crippen LogP contribution in [-0.4, -0.2) is 21.4 Å². The van der Waals surface area contributed by atoms with Crippen molar-refractivity contribution in [2.75, 3.05) is 0 Å². The second-order valence-corrected chi connectivity index (χ2v) is 19.9. The maximum atomic E-state index is 22.0. The van der Waals surface area contributed by atoms with E-state index in [1.54, 1.807) is 33.2 Å². The summed E-state index contributed by atoms with van der Waals surface area (Å²) >= 11 is 8.91. The summed E-state index contributed by atoms with van der Waals surface area (Å²) in [5.41, 5.74) is 5.88. The molecule has 0 unspecified atom stereocenters. The Morgan fingerprint density at radius 2 is 0.750 bits per heavy atom. The van der Waals surface area contributed by atoms with Crippen LogP contribution in [0.3, 0.4) is 0 Å². The van der Waals surface area contributed by atoms with Crippen molar-refractivity contribution in [3.63, 3.8) is 0 Å². The molecular formula is C60H48B2ClF5N4. The van der Waals surface area contributed by atoms with Gasteiger partial charge in [0.2, 0.25) is 0 Å². The topological polar surface area (TPSA) is 17.6 Å². The Hall–Kier alpha value is -7.75. The molecule has 356 valence electrons. The molecule has 10 aromatic rings. The summed E-state index contributed by atoms with van der Waals surface area (Å²) in [4.78, 5) is 0. The summed E-state index contributed by atoms with van der Waals surface area (Å²) in [6.45, 7) is 7.74. The highest BCUT2D eigenvalue weighted by Gasteiger charge is 2.64. The molecule has 0 aliphatic carbocycles. The summed E-state index contributed by atoms with van der Waals surface area (Å²) in [5.74, 6) is -7.41. The fourth-order valence-electron chi connectivity index (χ4n) is 11.9. The minimum atomic E-state index is -4.00. The molecule has 0 saturated heterocycles. The molecule has 12 heteroatoms. The average Bonchev–Trinajstić information content (AvgIpc) is 3.93. The number of halogens is 6. The normalized spacial score (nSPS) is 16.2. The van der Waals surface area contributed by atoms with Gasteiger partial charge in [-0.05, 0) is 63.8 Å². The van der Waals surface area contributed by atoms with Crippen LogP contribution in [0.15, 0.2) is 182 Å². The second-order valence-electron chi connectivity index (χ2n) is 19.2. The average molecular weight is 977 g/mol. The van der Waals surface area contributed by atoms with Crippen LogP contribution in [0.2, 0.25) is 0 Å². The number of rotatable bonds is 8. The third-order valence-corrected chi connectivity index (χ3v) is 15.0. The molecule has 0 spiro atoms. The molecular weight excluding hydrogens is 929 g/mol. The Bertz CT molecular complexity index is 3530. The number of nitrogens with zero attached hydrogens (tertiary/aromatic N) is 4. The lowest BCUT2D eigenvalue weighted by molar-refractivity contribution is -0.671. The molecule has 0 bridgehead atoms. The number of aromatic nitrogens is 4. The van der Waals surface area contributed by atoms with E-state index in [0.717, 1.165) is 33.4 Å². The number of imidazole rings is 2. The maximum Gasteiger partial charge on any atom is 0.575 e. The van der Waals surface area contributed by atoms with Crippen LogP contribution in [0.4, 0.5) is 21.9 Å². The quantitative estimate of drug-likeness (QED) is 0.0625. The number of hydrogen-bond acceptors (Lipinski definition) is 0. The zero-order chi connectivity index (χ0) is 50.4. The lowest BCUT2D eigenvalue weighted by atomic mass is 9.36. The van der Waals surface area contributed by atoms with E-state index in [1.165, 1.54) is 0 Å². The molecule has 0 fully saturated rings. The summed E-state index contributed by atoms with van der Waals surface area (Å²) in [6, 6.07) is 55.2. The van der Waals surface area contributed by atoms with Gasteiger partial charge >= 0.3 is 12.3 Å². The Kier molecular flexibility index (Phi) is 11.4.